The second-order valence-electron chi connectivity index (χ2n) is 6.44. The van der Waals surface area contributed by atoms with Gasteiger partial charge in [-0.2, -0.15) is 0 Å². The van der Waals surface area contributed by atoms with E-state index in [1.54, 1.807) is 0 Å². The van der Waals surface area contributed by atoms with Gasteiger partial charge in [-0.3, -0.25) is 0 Å². The lowest BCUT2D eigenvalue weighted by atomic mass is 9.76. The predicted octanol–water partition coefficient (Wildman–Crippen LogP) is 1.91. The van der Waals surface area contributed by atoms with Gasteiger partial charge in [0.2, 0.25) is 0 Å². The molecule has 4 nitrogen and oxygen atoms in total. The summed E-state index contributed by atoms with van der Waals surface area (Å²) in [4.78, 5) is 0. The van der Waals surface area contributed by atoms with Crippen LogP contribution in [0.1, 0.15) is 51.9 Å². The smallest absolute Gasteiger partial charge is 0.150 e. The molecule has 0 spiro atoms. The topological polar surface area (TPSA) is 63.6 Å². The van der Waals surface area contributed by atoms with Crippen LogP contribution in [0.25, 0.3) is 0 Å². The van der Waals surface area contributed by atoms with Crippen LogP contribution < -0.4 is 0 Å². The number of aliphatic hydroxyl groups excluding tert-OH is 1. The number of hydrogen-bond donors (Lipinski definition) is 1. The highest BCUT2D eigenvalue weighted by Gasteiger charge is 2.42. The van der Waals surface area contributed by atoms with Crippen LogP contribution in [0, 0.1) is 5.92 Å². The third kappa shape index (κ3) is 3.50. The average Bonchev–Trinajstić information content (AvgIpc) is 2.38. The third-order valence-corrected chi connectivity index (χ3v) is 6.48. The maximum Gasteiger partial charge on any atom is 0.150 e. The van der Waals surface area contributed by atoms with Crippen molar-refractivity contribution in [3.05, 3.63) is 0 Å². The molecule has 0 aromatic rings. The monoisotopic (exact) mass is 290 g/mol. The van der Waals surface area contributed by atoms with Gasteiger partial charge < -0.3 is 9.84 Å². The summed E-state index contributed by atoms with van der Waals surface area (Å²) < 4.78 is 29.2. The van der Waals surface area contributed by atoms with E-state index in [0.29, 0.717) is 13.0 Å². The van der Waals surface area contributed by atoms with E-state index in [-0.39, 0.29) is 11.2 Å². The van der Waals surface area contributed by atoms with Crippen molar-refractivity contribution < 1.29 is 18.3 Å². The summed E-state index contributed by atoms with van der Waals surface area (Å²) in [5, 5.41) is 10.3. The molecule has 1 saturated heterocycles. The molecule has 4 unspecified atom stereocenters. The van der Waals surface area contributed by atoms with Crippen LogP contribution in [-0.2, 0) is 14.6 Å². The van der Waals surface area contributed by atoms with Gasteiger partial charge in [0.05, 0.1) is 17.0 Å². The molecule has 2 aliphatic rings. The quantitative estimate of drug-likeness (QED) is 0.862. The second kappa shape index (κ2) is 5.70. The minimum atomic E-state index is -2.99. The molecule has 0 aromatic carbocycles. The van der Waals surface area contributed by atoms with Gasteiger partial charge in [-0.05, 0) is 51.4 Å². The summed E-state index contributed by atoms with van der Waals surface area (Å²) in [6.07, 6.45) is 6.88. The molecule has 5 heteroatoms. The molecular weight excluding hydrogens is 264 g/mol. The molecule has 2 rings (SSSR count). The predicted molar refractivity (Wildman–Crippen MR) is 74.8 cm³/mol. The Bertz CT molecular complexity index is 398. The van der Waals surface area contributed by atoms with Crippen molar-refractivity contribution in [2.75, 3.05) is 12.9 Å². The SMILES string of the molecule is CC1(C(O)C2CCCC(S(C)(=O)=O)C2)CCCCO1. The Kier molecular flexibility index (Phi) is 4.58. The molecule has 0 radical (unpaired) electrons. The molecule has 1 N–H and O–H groups in total. The number of sulfone groups is 1. The van der Waals surface area contributed by atoms with Crippen LogP contribution in [0.3, 0.4) is 0 Å². The molecule has 4 atom stereocenters. The van der Waals surface area contributed by atoms with Gasteiger partial charge in [0.25, 0.3) is 0 Å². The van der Waals surface area contributed by atoms with Gasteiger partial charge in [-0.25, -0.2) is 8.42 Å². The molecule has 0 aromatic heterocycles. The van der Waals surface area contributed by atoms with Gasteiger partial charge in [0, 0.05) is 12.9 Å². The molecule has 0 bridgehead atoms. The lowest BCUT2D eigenvalue weighted by Gasteiger charge is -2.43. The van der Waals surface area contributed by atoms with Crippen molar-refractivity contribution >= 4 is 9.84 Å². The van der Waals surface area contributed by atoms with Crippen LogP contribution in [0.15, 0.2) is 0 Å². The molecule has 0 amide bonds. The zero-order chi connectivity index (χ0) is 14.1. The number of hydrogen-bond acceptors (Lipinski definition) is 4. The fourth-order valence-electron chi connectivity index (χ4n) is 3.54. The Balaban J connectivity index is 2.04. The lowest BCUT2D eigenvalue weighted by molar-refractivity contribution is -0.156. The lowest BCUT2D eigenvalue weighted by Crippen LogP contribution is -2.50. The first-order valence-electron chi connectivity index (χ1n) is 7.34. The largest absolute Gasteiger partial charge is 0.390 e. The minimum absolute atomic E-state index is 0.0524. The average molecular weight is 290 g/mol. The van der Waals surface area contributed by atoms with Gasteiger partial charge in [0.1, 0.15) is 9.84 Å². The summed E-state index contributed by atoms with van der Waals surface area (Å²) in [5.74, 6) is 0.0524. The van der Waals surface area contributed by atoms with E-state index in [1.807, 2.05) is 6.92 Å². The number of rotatable bonds is 3. The second-order valence-corrected chi connectivity index (χ2v) is 8.77. The highest BCUT2D eigenvalue weighted by Crippen LogP contribution is 2.38. The highest BCUT2D eigenvalue weighted by molar-refractivity contribution is 7.91. The van der Waals surface area contributed by atoms with Crippen molar-refractivity contribution in [3.8, 4) is 0 Å². The van der Waals surface area contributed by atoms with E-state index in [1.165, 1.54) is 6.26 Å². The fourth-order valence-corrected chi connectivity index (χ4v) is 4.74. The van der Waals surface area contributed by atoms with Crippen LogP contribution >= 0.6 is 0 Å². The summed E-state index contributed by atoms with van der Waals surface area (Å²) in [5.41, 5.74) is -0.484. The first-order chi connectivity index (χ1) is 8.83. The van der Waals surface area contributed by atoms with E-state index >= 15 is 0 Å². The molecule has 112 valence electrons. The van der Waals surface area contributed by atoms with Gasteiger partial charge in [-0.1, -0.05) is 6.42 Å². The van der Waals surface area contributed by atoms with Crippen molar-refractivity contribution in [2.24, 2.45) is 5.92 Å². The van der Waals surface area contributed by atoms with Gasteiger partial charge in [0.15, 0.2) is 0 Å². The van der Waals surface area contributed by atoms with E-state index in [0.717, 1.165) is 38.5 Å². The molecule has 1 aliphatic carbocycles. The van der Waals surface area contributed by atoms with E-state index in [9.17, 15) is 13.5 Å². The summed E-state index contributed by atoms with van der Waals surface area (Å²) in [6, 6.07) is 0. The van der Waals surface area contributed by atoms with Crippen molar-refractivity contribution in [2.45, 2.75) is 68.8 Å². The van der Waals surface area contributed by atoms with Crippen molar-refractivity contribution in [1.82, 2.24) is 0 Å². The fraction of sp³-hybridized carbons (Fsp3) is 1.00. The zero-order valence-electron chi connectivity index (χ0n) is 12.0. The van der Waals surface area contributed by atoms with Crippen molar-refractivity contribution in [1.29, 1.82) is 0 Å². The Hall–Kier alpha value is -0.130. The zero-order valence-corrected chi connectivity index (χ0v) is 12.8. The Labute approximate surface area is 116 Å². The molecule has 2 fully saturated rings. The van der Waals surface area contributed by atoms with Crippen LogP contribution in [0.4, 0.5) is 0 Å². The van der Waals surface area contributed by atoms with Crippen LogP contribution in [0.2, 0.25) is 0 Å². The Morgan fingerprint density at radius 1 is 1.26 bits per heavy atom. The summed E-state index contributed by atoms with van der Waals surface area (Å²) in [6.45, 7) is 2.68. The van der Waals surface area contributed by atoms with Crippen LogP contribution in [0.5, 0.6) is 0 Å². The Morgan fingerprint density at radius 2 is 2.00 bits per heavy atom. The van der Waals surface area contributed by atoms with Gasteiger partial charge >= 0.3 is 0 Å². The number of aliphatic hydroxyl groups is 1. The third-order valence-electron chi connectivity index (χ3n) is 4.84. The first kappa shape index (κ1) is 15.3. The van der Waals surface area contributed by atoms with Crippen molar-refractivity contribution in [3.63, 3.8) is 0 Å². The van der Waals surface area contributed by atoms with Crippen LogP contribution in [-0.4, -0.2) is 43.3 Å². The molecule has 1 heterocycles. The van der Waals surface area contributed by atoms with E-state index < -0.39 is 21.5 Å². The summed E-state index contributed by atoms with van der Waals surface area (Å²) >= 11 is 0. The molecule has 1 saturated carbocycles. The van der Waals surface area contributed by atoms with Gasteiger partial charge in [-0.15, -0.1) is 0 Å². The first-order valence-corrected chi connectivity index (χ1v) is 9.29. The maximum absolute atomic E-state index is 11.7. The minimum Gasteiger partial charge on any atom is -0.390 e. The van der Waals surface area contributed by atoms with E-state index in [2.05, 4.69) is 0 Å². The highest BCUT2D eigenvalue weighted by atomic mass is 32.2. The Morgan fingerprint density at radius 3 is 2.58 bits per heavy atom. The molecule has 1 aliphatic heterocycles. The van der Waals surface area contributed by atoms with E-state index in [4.69, 9.17) is 4.74 Å². The normalized spacial score (nSPS) is 38.9. The molecular formula is C14H26O4S. The molecule has 19 heavy (non-hydrogen) atoms. The number of ether oxygens (including phenoxy) is 1. The maximum atomic E-state index is 11.7. The standard InChI is InChI=1S/C14H26O4S/c1-14(8-3-4-9-18-14)13(15)11-6-5-7-12(10-11)19(2,16)17/h11-13,15H,3-10H2,1-2H3. The summed E-state index contributed by atoms with van der Waals surface area (Å²) in [7, 11) is -2.99.